The molecule has 2 heterocycles. The van der Waals surface area contributed by atoms with E-state index in [2.05, 4.69) is 10.3 Å². The molecule has 0 saturated carbocycles. The van der Waals surface area contributed by atoms with Gasteiger partial charge in [0.05, 0.1) is 17.9 Å². The maximum Gasteiger partial charge on any atom is 0.449 e. The third-order valence-electron chi connectivity index (χ3n) is 6.41. The number of carbonyl (C=O) groups excluding carboxylic acids is 2. The number of nitrogens with zero attached hydrogens (tertiary/aromatic N) is 3. The van der Waals surface area contributed by atoms with Crippen molar-refractivity contribution in [2.45, 2.75) is 64.5 Å². The predicted octanol–water partition coefficient (Wildman–Crippen LogP) is 5.99. The summed E-state index contributed by atoms with van der Waals surface area (Å²) in [5, 5.41) is 2.44. The van der Waals surface area contributed by atoms with Gasteiger partial charge in [-0.25, -0.2) is 27.3 Å². The average Bonchev–Trinajstić information content (AvgIpc) is 3.25. The Morgan fingerprint density at radius 1 is 1.00 bits per heavy atom. The van der Waals surface area contributed by atoms with Crippen molar-refractivity contribution >= 4 is 12.0 Å². The van der Waals surface area contributed by atoms with Gasteiger partial charge in [-0.2, -0.15) is 13.2 Å². The number of rotatable bonds is 6. The van der Waals surface area contributed by atoms with Crippen LogP contribution in [0.3, 0.4) is 0 Å². The van der Waals surface area contributed by atoms with Gasteiger partial charge in [0, 0.05) is 37.2 Å². The number of halogens is 7. The average molecular weight is 601 g/mol. The lowest BCUT2D eigenvalue weighted by atomic mass is 10.0. The van der Waals surface area contributed by atoms with Crippen LogP contribution in [0.15, 0.2) is 36.4 Å². The van der Waals surface area contributed by atoms with Crippen LogP contribution in [-0.2, 0) is 35.2 Å². The molecule has 2 aromatic carbocycles. The minimum absolute atomic E-state index is 0.0239. The molecule has 1 unspecified atom stereocenters. The van der Waals surface area contributed by atoms with Crippen LogP contribution in [0.1, 0.15) is 44.3 Å². The minimum atomic E-state index is -4.82. The molecule has 3 aromatic rings. The number of hydrogen-bond donors (Lipinski definition) is 1. The molecule has 0 radical (unpaired) electrons. The van der Waals surface area contributed by atoms with Gasteiger partial charge in [0.2, 0.25) is 11.7 Å². The third-order valence-corrected chi connectivity index (χ3v) is 6.41. The largest absolute Gasteiger partial charge is 0.449 e. The molecule has 226 valence electrons. The molecule has 0 aliphatic carbocycles. The van der Waals surface area contributed by atoms with Crippen molar-refractivity contribution in [3.05, 3.63) is 76.7 Å². The zero-order valence-electron chi connectivity index (χ0n) is 22.8. The monoisotopic (exact) mass is 600 g/mol. The van der Waals surface area contributed by atoms with Crippen molar-refractivity contribution in [3.63, 3.8) is 0 Å². The van der Waals surface area contributed by atoms with Gasteiger partial charge < -0.3 is 19.5 Å². The van der Waals surface area contributed by atoms with Crippen LogP contribution in [-0.4, -0.2) is 44.6 Å². The molecular formula is C28H27F7N4O3. The Morgan fingerprint density at radius 2 is 1.69 bits per heavy atom. The van der Waals surface area contributed by atoms with E-state index >= 15 is 0 Å². The van der Waals surface area contributed by atoms with Crippen molar-refractivity contribution in [2.75, 3.05) is 6.54 Å². The van der Waals surface area contributed by atoms with E-state index in [1.54, 1.807) is 20.8 Å². The Balaban J connectivity index is 1.61. The first-order valence-electron chi connectivity index (χ1n) is 12.8. The summed E-state index contributed by atoms with van der Waals surface area (Å²) in [4.78, 5) is 30.8. The molecule has 0 spiro atoms. The van der Waals surface area contributed by atoms with Crippen LogP contribution in [0.5, 0.6) is 0 Å². The van der Waals surface area contributed by atoms with Gasteiger partial charge in [0.25, 0.3) is 0 Å². The van der Waals surface area contributed by atoms with E-state index in [1.165, 1.54) is 17.0 Å². The molecule has 0 bridgehead atoms. The lowest BCUT2D eigenvalue weighted by molar-refractivity contribution is -0.148. The summed E-state index contributed by atoms with van der Waals surface area (Å²) in [5.41, 5.74) is -1.28. The van der Waals surface area contributed by atoms with Gasteiger partial charge in [-0.05, 0) is 51.0 Å². The first-order valence-corrected chi connectivity index (χ1v) is 12.8. The first kappa shape index (κ1) is 30.8. The molecular weight excluding hydrogens is 573 g/mol. The molecule has 4 rings (SSSR count). The zero-order valence-corrected chi connectivity index (χ0v) is 22.8. The van der Waals surface area contributed by atoms with E-state index in [4.69, 9.17) is 4.74 Å². The second-order valence-corrected chi connectivity index (χ2v) is 10.8. The van der Waals surface area contributed by atoms with Gasteiger partial charge in [-0.3, -0.25) is 4.79 Å². The summed E-state index contributed by atoms with van der Waals surface area (Å²) in [6, 6.07) is 4.66. The predicted molar refractivity (Wildman–Crippen MR) is 136 cm³/mol. The highest BCUT2D eigenvalue weighted by molar-refractivity contribution is 5.78. The molecule has 42 heavy (non-hydrogen) atoms. The minimum Gasteiger partial charge on any atom is -0.444 e. The number of alkyl halides is 3. The van der Waals surface area contributed by atoms with Crippen molar-refractivity contribution < 1.29 is 45.1 Å². The van der Waals surface area contributed by atoms with Gasteiger partial charge >= 0.3 is 12.3 Å². The molecule has 1 aliphatic heterocycles. The van der Waals surface area contributed by atoms with E-state index in [-0.39, 0.29) is 42.1 Å². The molecule has 1 aliphatic rings. The Morgan fingerprint density at radius 3 is 2.33 bits per heavy atom. The number of benzene rings is 2. The number of fused-ring (bicyclic) bond motifs is 1. The maximum absolute atomic E-state index is 14.4. The molecule has 7 nitrogen and oxygen atoms in total. The van der Waals surface area contributed by atoms with Gasteiger partial charge in [0.15, 0.2) is 11.6 Å². The normalized spacial score (nSPS) is 14.4. The van der Waals surface area contributed by atoms with Crippen LogP contribution in [0.25, 0.3) is 11.3 Å². The number of carbonyl (C=O) groups is 2. The van der Waals surface area contributed by atoms with Crippen LogP contribution in [0, 0.1) is 23.3 Å². The van der Waals surface area contributed by atoms with Crippen LogP contribution < -0.4 is 5.32 Å². The molecule has 0 fully saturated rings. The number of nitrogens with one attached hydrogen (secondary N) is 1. The fourth-order valence-electron chi connectivity index (χ4n) is 4.64. The molecule has 1 aromatic heterocycles. The van der Waals surface area contributed by atoms with E-state index in [1.807, 2.05) is 0 Å². The lowest BCUT2D eigenvalue weighted by Gasteiger charge is -2.31. The molecule has 1 atom stereocenters. The fraction of sp³-hybridized carbons (Fsp3) is 0.393. The number of aromatic nitrogens is 2. The van der Waals surface area contributed by atoms with Crippen molar-refractivity contribution in [3.8, 4) is 11.3 Å². The smallest absolute Gasteiger partial charge is 0.444 e. The quantitative estimate of drug-likeness (QED) is 0.279. The molecule has 0 saturated heterocycles. The van der Waals surface area contributed by atoms with E-state index in [0.29, 0.717) is 12.1 Å². The molecule has 14 heteroatoms. The van der Waals surface area contributed by atoms with Crippen LogP contribution >= 0.6 is 0 Å². The topological polar surface area (TPSA) is 76.5 Å². The lowest BCUT2D eigenvalue weighted by Crippen LogP contribution is -2.45. The number of ether oxygens (including phenoxy) is 1. The summed E-state index contributed by atoms with van der Waals surface area (Å²) in [5.74, 6) is -6.36. The maximum atomic E-state index is 14.4. The first-order chi connectivity index (χ1) is 19.5. The summed E-state index contributed by atoms with van der Waals surface area (Å²) in [6.45, 7) is 4.00. The summed E-state index contributed by atoms with van der Waals surface area (Å²) in [7, 11) is 0. The Hall–Kier alpha value is -4.10. The second-order valence-electron chi connectivity index (χ2n) is 10.8. The Kier molecular flexibility index (Phi) is 8.55. The van der Waals surface area contributed by atoms with Crippen LogP contribution in [0.2, 0.25) is 0 Å². The van der Waals surface area contributed by atoms with Crippen LogP contribution in [0.4, 0.5) is 35.5 Å². The SMILES string of the molecule is CC(C)(C)OC(=O)NC(CC(=O)N1CCn2c(C(F)(F)F)nc(-c3cccc(F)c3)c2C1)Cc1cc(F)c(F)cc1F. The number of amides is 2. The number of alkyl carbamates (subject to hydrolysis) is 1. The van der Waals surface area contributed by atoms with E-state index < -0.39 is 71.8 Å². The summed E-state index contributed by atoms with van der Waals surface area (Å²) >= 11 is 0. The Labute approximate surface area is 236 Å². The van der Waals surface area contributed by atoms with E-state index in [9.17, 15) is 40.3 Å². The highest BCUT2D eigenvalue weighted by atomic mass is 19.4. The summed E-state index contributed by atoms with van der Waals surface area (Å²) < 4.78 is 103. The van der Waals surface area contributed by atoms with Gasteiger partial charge in [-0.1, -0.05) is 12.1 Å². The third kappa shape index (κ3) is 7.21. The second kappa shape index (κ2) is 11.6. The molecule has 2 amide bonds. The summed E-state index contributed by atoms with van der Waals surface area (Å²) in [6.07, 6.45) is -6.67. The zero-order chi connectivity index (χ0) is 31.0. The van der Waals surface area contributed by atoms with Gasteiger partial charge in [-0.15, -0.1) is 0 Å². The fourth-order valence-corrected chi connectivity index (χ4v) is 4.64. The number of imidazole rings is 1. The van der Waals surface area contributed by atoms with E-state index in [0.717, 1.165) is 16.7 Å². The standard InChI is InChI=1S/C28H27F7N4O3/c1-27(2,3)42-26(41)36-18(10-16-11-20(31)21(32)13-19(16)30)12-23(40)38-7-8-39-22(14-38)24(37-25(39)28(33,34)35)15-5-4-6-17(29)9-15/h4-6,9,11,13,18H,7-8,10,12,14H2,1-3H3,(H,36,41). The van der Waals surface area contributed by atoms with Crippen molar-refractivity contribution in [1.29, 1.82) is 0 Å². The number of hydrogen-bond acceptors (Lipinski definition) is 4. The van der Waals surface area contributed by atoms with Crippen molar-refractivity contribution in [2.24, 2.45) is 0 Å². The highest BCUT2D eigenvalue weighted by Gasteiger charge is 2.41. The Bertz CT molecular complexity index is 1500. The highest BCUT2D eigenvalue weighted by Crippen LogP contribution is 2.36. The van der Waals surface area contributed by atoms with Gasteiger partial charge in [0.1, 0.15) is 17.2 Å². The van der Waals surface area contributed by atoms with Crippen molar-refractivity contribution in [1.82, 2.24) is 19.8 Å². The molecule has 1 N–H and O–H groups in total.